The maximum Gasteiger partial charge on any atom is 0.434 e. The molecule has 0 bridgehead atoms. The quantitative estimate of drug-likeness (QED) is 0.787. The van der Waals surface area contributed by atoms with Gasteiger partial charge in [-0.25, -0.2) is 9.78 Å². The predicted octanol–water partition coefficient (Wildman–Crippen LogP) is 3.49. The van der Waals surface area contributed by atoms with Crippen molar-refractivity contribution >= 4 is 27.5 Å². The molecule has 0 aliphatic rings. The van der Waals surface area contributed by atoms with Gasteiger partial charge in [0.2, 0.25) is 0 Å². The number of hydrogen-bond donors (Lipinski definition) is 0. The average molecular weight is 275 g/mol. The van der Waals surface area contributed by atoms with Gasteiger partial charge in [-0.3, -0.25) is 0 Å². The standard InChI is InChI=1S/C11H8F3NO2S/c1-2-17-10(16)6-5-8-7(3-4-18-8)15-9(6)11(12,13)14/h3-5H,2H2,1H3. The summed E-state index contributed by atoms with van der Waals surface area (Å²) in [7, 11) is 0. The first kappa shape index (κ1) is 12.8. The Hall–Kier alpha value is -1.63. The smallest absolute Gasteiger partial charge is 0.434 e. The highest BCUT2D eigenvalue weighted by molar-refractivity contribution is 7.17. The first-order valence-electron chi connectivity index (χ1n) is 5.06. The van der Waals surface area contributed by atoms with Crippen molar-refractivity contribution in [2.45, 2.75) is 13.1 Å². The Kier molecular flexibility index (Phi) is 3.25. The number of thiophene rings is 1. The van der Waals surface area contributed by atoms with Crippen molar-refractivity contribution in [2.75, 3.05) is 6.61 Å². The summed E-state index contributed by atoms with van der Waals surface area (Å²) in [5, 5.41) is 1.62. The number of rotatable bonds is 2. The second kappa shape index (κ2) is 4.56. The molecule has 0 atom stereocenters. The lowest BCUT2D eigenvalue weighted by Gasteiger charge is -2.11. The topological polar surface area (TPSA) is 39.2 Å². The van der Waals surface area contributed by atoms with Crippen LogP contribution in [0, 0.1) is 0 Å². The molecule has 0 saturated heterocycles. The van der Waals surface area contributed by atoms with Gasteiger partial charge in [-0.15, -0.1) is 11.3 Å². The van der Waals surface area contributed by atoms with E-state index in [1.165, 1.54) is 30.4 Å². The highest BCUT2D eigenvalue weighted by atomic mass is 32.1. The lowest BCUT2D eigenvalue weighted by atomic mass is 10.1. The van der Waals surface area contributed by atoms with Crippen molar-refractivity contribution in [1.82, 2.24) is 4.98 Å². The normalized spacial score (nSPS) is 11.8. The number of hydrogen-bond acceptors (Lipinski definition) is 4. The fourth-order valence-electron chi connectivity index (χ4n) is 1.48. The summed E-state index contributed by atoms with van der Waals surface area (Å²) in [4.78, 5) is 15.0. The maximum absolute atomic E-state index is 12.8. The van der Waals surface area contributed by atoms with Crippen molar-refractivity contribution < 1.29 is 22.7 Å². The van der Waals surface area contributed by atoms with E-state index in [-0.39, 0.29) is 12.1 Å². The zero-order chi connectivity index (χ0) is 13.3. The third-order valence-electron chi connectivity index (χ3n) is 2.20. The third kappa shape index (κ3) is 2.31. The maximum atomic E-state index is 12.8. The Morgan fingerprint density at radius 1 is 1.50 bits per heavy atom. The molecule has 2 aromatic heterocycles. The van der Waals surface area contributed by atoms with Gasteiger partial charge in [-0.1, -0.05) is 0 Å². The molecule has 3 nitrogen and oxygen atoms in total. The minimum atomic E-state index is -4.68. The van der Waals surface area contributed by atoms with E-state index in [2.05, 4.69) is 9.72 Å². The number of esters is 1. The average Bonchev–Trinajstić information content (AvgIpc) is 2.73. The summed E-state index contributed by atoms with van der Waals surface area (Å²) in [5.41, 5.74) is -1.52. The summed E-state index contributed by atoms with van der Waals surface area (Å²) in [5.74, 6) is -1.01. The lowest BCUT2D eigenvalue weighted by molar-refractivity contribution is -0.141. The van der Waals surface area contributed by atoms with Crippen LogP contribution in [0.4, 0.5) is 13.2 Å². The van der Waals surface area contributed by atoms with E-state index in [0.717, 1.165) is 0 Å². The predicted molar refractivity (Wildman–Crippen MR) is 60.6 cm³/mol. The van der Waals surface area contributed by atoms with Crippen molar-refractivity contribution in [3.63, 3.8) is 0 Å². The van der Waals surface area contributed by atoms with E-state index in [0.29, 0.717) is 4.70 Å². The van der Waals surface area contributed by atoms with E-state index < -0.39 is 23.4 Å². The van der Waals surface area contributed by atoms with Crippen LogP contribution >= 0.6 is 11.3 Å². The number of nitrogens with zero attached hydrogens (tertiary/aromatic N) is 1. The summed E-state index contributed by atoms with van der Waals surface area (Å²) in [6.07, 6.45) is -4.68. The van der Waals surface area contributed by atoms with Crippen LogP contribution in [-0.2, 0) is 10.9 Å². The molecule has 0 spiro atoms. The van der Waals surface area contributed by atoms with Gasteiger partial charge >= 0.3 is 12.1 Å². The SMILES string of the molecule is CCOC(=O)c1cc2sccc2nc1C(F)(F)F. The van der Waals surface area contributed by atoms with Gasteiger partial charge in [-0.2, -0.15) is 13.2 Å². The minimum absolute atomic E-state index is 0.0125. The first-order chi connectivity index (χ1) is 8.43. The number of halogens is 3. The summed E-state index contributed by atoms with van der Waals surface area (Å²) in [6.45, 7) is 1.54. The van der Waals surface area contributed by atoms with E-state index in [4.69, 9.17) is 0 Å². The Morgan fingerprint density at radius 2 is 2.22 bits per heavy atom. The number of aromatic nitrogens is 1. The molecule has 0 aliphatic heterocycles. The monoisotopic (exact) mass is 275 g/mol. The van der Waals surface area contributed by atoms with Crippen LogP contribution in [0.5, 0.6) is 0 Å². The minimum Gasteiger partial charge on any atom is -0.462 e. The van der Waals surface area contributed by atoms with Crippen molar-refractivity contribution in [1.29, 1.82) is 0 Å². The summed E-state index contributed by atoms with van der Waals surface area (Å²) in [6, 6.07) is 2.65. The van der Waals surface area contributed by atoms with Crippen molar-refractivity contribution in [2.24, 2.45) is 0 Å². The molecular formula is C11H8F3NO2S. The fourth-order valence-corrected chi connectivity index (χ4v) is 2.24. The molecule has 0 amide bonds. The van der Waals surface area contributed by atoms with Crippen molar-refractivity contribution in [3.05, 3.63) is 28.8 Å². The van der Waals surface area contributed by atoms with Crippen molar-refractivity contribution in [3.8, 4) is 0 Å². The molecule has 2 aromatic rings. The van der Waals surface area contributed by atoms with Crippen LogP contribution in [0.25, 0.3) is 10.2 Å². The first-order valence-corrected chi connectivity index (χ1v) is 5.94. The zero-order valence-corrected chi connectivity index (χ0v) is 10.1. The third-order valence-corrected chi connectivity index (χ3v) is 3.05. The Balaban J connectivity index is 2.63. The molecular weight excluding hydrogens is 267 g/mol. The molecule has 0 unspecified atom stereocenters. The van der Waals surface area contributed by atoms with E-state index >= 15 is 0 Å². The number of pyridine rings is 1. The Bertz CT molecular complexity index is 591. The van der Waals surface area contributed by atoms with Gasteiger partial charge in [0, 0.05) is 0 Å². The number of fused-ring (bicyclic) bond motifs is 1. The van der Waals surface area contributed by atoms with E-state index in [9.17, 15) is 18.0 Å². The van der Waals surface area contributed by atoms with E-state index in [1.54, 1.807) is 5.38 Å². The largest absolute Gasteiger partial charge is 0.462 e. The van der Waals surface area contributed by atoms with Gasteiger partial charge < -0.3 is 4.74 Å². The molecule has 18 heavy (non-hydrogen) atoms. The Morgan fingerprint density at radius 3 is 2.83 bits per heavy atom. The fraction of sp³-hybridized carbons (Fsp3) is 0.273. The van der Waals surface area contributed by atoms with Gasteiger partial charge in [0.15, 0.2) is 5.69 Å². The highest BCUT2D eigenvalue weighted by Gasteiger charge is 2.38. The van der Waals surface area contributed by atoms with Gasteiger partial charge in [-0.05, 0) is 24.4 Å². The molecule has 0 N–H and O–H groups in total. The second-order valence-corrected chi connectivity index (χ2v) is 4.35. The number of carbonyl (C=O) groups is 1. The number of ether oxygens (including phenoxy) is 1. The molecule has 96 valence electrons. The summed E-state index contributed by atoms with van der Waals surface area (Å²) < 4.78 is 43.6. The van der Waals surface area contributed by atoms with Crippen LogP contribution < -0.4 is 0 Å². The van der Waals surface area contributed by atoms with Crippen LogP contribution in [0.1, 0.15) is 23.0 Å². The molecule has 7 heteroatoms. The van der Waals surface area contributed by atoms with Crippen LogP contribution in [0.3, 0.4) is 0 Å². The van der Waals surface area contributed by atoms with Crippen LogP contribution in [-0.4, -0.2) is 17.6 Å². The molecule has 0 radical (unpaired) electrons. The molecule has 0 fully saturated rings. The molecule has 0 aliphatic carbocycles. The van der Waals surface area contributed by atoms with Gasteiger partial charge in [0.1, 0.15) is 0 Å². The van der Waals surface area contributed by atoms with Crippen LogP contribution in [0.2, 0.25) is 0 Å². The molecule has 2 heterocycles. The molecule has 2 rings (SSSR count). The second-order valence-electron chi connectivity index (χ2n) is 3.41. The highest BCUT2D eigenvalue weighted by Crippen LogP contribution is 2.33. The zero-order valence-electron chi connectivity index (χ0n) is 9.25. The Labute approximate surface area is 104 Å². The number of carbonyl (C=O) groups excluding carboxylic acids is 1. The van der Waals surface area contributed by atoms with E-state index in [1.807, 2.05) is 0 Å². The molecule has 0 aromatic carbocycles. The van der Waals surface area contributed by atoms with Gasteiger partial charge in [0.25, 0.3) is 0 Å². The summed E-state index contributed by atoms with van der Waals surface area (Å²) >= 11 is 1.22. The number of alkyl halides is 3. The lowest BCUT2D eigenvalue weighted by Crippen LogP contribution is -2.17. The van der Waals surface area contributed by atoms with Crippen LogP contribution in [0.15, 0.2) is 17.5 Å². The molecule has 0 saturated carbocycles. The van der Waals surface area contributed by atoms with Gasteiger partial charge in [0.05, 0.1) is 22.4 Å².